The number of nitrogens with zero attached hydrogens (tertiary/aromatic N) is 2. The SMILES string of the molecule is CCOc1ccc(NC(=O)C2=NN(c3ccc(Cl)cc3)C(=O)CC2)cc1. The van der Waals surface area contributed by atoms with Crippen LogP contribution in [0.5, 0.6) is 5.75 Å². The van der Waals surface area contributed by atoms with Crippen LogP contribution in [0.2, 0.25) is 5.02 Å². The van der Waals surface area contributed by atoms with E-state index in [-0.39, 0.29) is 18.2 Å². The van der Waals surface area contributed by atoms with Crippen LogP contribution in [0.3, 0.4) is 0 Å². The van der Waals surface area contributed by atoms with Crippen LogP contribution in [0.1, 0.15) is 19.8 Å². The molecule has 1 N–H and O–H groups in total. The minimum atomic E-state index is -0.333. The number of carbonyl (C=O) groups is 2. The molecule has 0 aromatic heterocycles. The summed E-state index contributed by atoms with van der Waals surface area (Å²) in [5.74, 6) is 0.241. The Hall–Kier alpha value is -2.86. The van der Waals surface area contributed by atoms with E-state index in [9.17, 15) is 9.59 Å². The first-order valence-electron chi connectivity index (χ1n) is 8.27. The number of ether oxygens (including phenoxy) is 1. The largest absolute Gasteiger partial charge is 0.494 e. The van der Waals surface area contributed by atoms with Crippen molar-refractivity contribution in [2.45, 2.75) is 19.8 Å². The van der Waals surface area contributed by atoms with Crippen LogP contribution in [0.15, 0.2) is 53.6 Å². The minimum Gasteiger partial charge on any atom is -0.494 e. The number of halogens is 1. The van der Waals surface area contributed by atoms with Crippen LogP contribution in [0, 0.1) is 0 Å². The molecular weight excluding hydrogens is 354 g/mol. The van der Waals surface area contributed by atoms with Crippen LogP contribution in [-0.2, 0) is 9.59 Å². The van der Waals surface area contributed by atoms with Gasteiger partial charge < -0.3 is 10.1 Å². The molecule has 1 heterocycles. The average molecular weight is 372 g/mol. The number of carbonyl (C=O) groups excluding carboxylic acids is 2. The number of hydrogen-bond donors (Lipinski definition) is 1. The molecule has 7 heteroatoms. The van der Waals surface area contributed by atoms with Crippen molar-refractivity contribution >= 4 is 40.5 Å². The predicted molar refractivity (Wildman–Crippen MR) is 102 cm³/mol. The van der Waals surface area contributed by atoms with E-state index in [0.717, 1.165) is 5.75 Å². The summed E-state index contributed by atoms with van der Waals surface area (Å²) < 4.78 is 5.38. The Morgan fingerprint density at radius 1 is 1.15 bits per heavy atom. The molecule has 0 bridgehead atoms. The van der Waals surface area contributed by atoms with Gasteiger partial charge >= 0.3 is 0 Å². The van der Waals surface area contributed by atoms with E-state index < -0.39 is 0 Å². The summed E-state index contributed by atoms with van der Waals surface area (Å²) in [5.41, 5.74) is 1.51. The van der Waals surface area contributed by atoms with E-state index in [1.165, 1.54) is 5.01 Å². The third kappa shape index (κ3) is 4.21. The van der Waals surface area contributed by atoms with Gasteiger partial charge in [-0.2, -0.15) is 5.10 Å². The number of rotatable bonds is 5. The molecule has 0 aliphatic carbocycles. The molecule has 0 atom stereocenters. The molecule has 1 aliphatic rings. The van der Waals surface area contributed by atoms with Gasteiger partial charge in [0.2, 0.25) is 5.91 Å². The number of benzene rings is 2. The van der Waals surface area contributed by atoms with Crippen molar-refractivity contribution in [1.29, 1.82) is 0 Å². The van der Waals surface area contributed by atoms with Crippen LogP contribution in [0.25, 0.3) is 0 Å². The van der Waals surface area contributed by atoms with Crippen LogP contribution in [0.4, 0.5) is 11.4 Å². The van der Waals surface area contributed by atoms with Gasteiger partial charge in [0.15, 0.2) is 0 Å². The molecule has 0 fully saturated rings. The molecular formula is C19H18ClN3O3. The second-order valence-electron chi connectivity index (χ2n) is 5.64. The summed E-state index contributed by atoms with van der Waals surface area (Å²) in [6, 6.07) is 13.8. The lowest BCUT2D eigenvalue weighted by molar-refractivity contribution is -0.118. The second kappa shape index (κ2) is 8.01. The zero-order valence-electron chi connectivity index (χ0n) is 14.2. The average Bonchev–Trinajstić information content (AvgIpc) is 2.65. The number of hydrazone groups is 1. The molecule has 2 amide bonds. The van der Waals surface area contributed by atoms with E-state index in [1.807, 2.05) is 6.92 Å². The van der Waals surface area contributed by atoms with Crippen molar-refractivity contribution in [3.05, 3.63) is 53.6 Å². The van der Waals surface area contributed by atoms with Crippen LogP contribution < -0.4 is 15.1 Å². The van der Waals surface area contributed by atoms with Gasteiger partial charge in [-0.1, -0.05) is 11.6 Å². The molecule has 0 radical (unpaired) electrons. The Kier molecular flexibility index (Phi) is 5.53. The van der Waals surface area contributed by atoms with Gasteiger partial charge in [0.05, 0.1) is 12.3 Å². The van der Waals surface area contributed by atoms with Gasteiger partial charge in [-0.25, -0.2) is 5.01 Å². The standard InChI is InChI=1S/C19H18ClN3O3/c1-2-26-16-9-5-14(6-10-16)21-19(25)17-11-12-18(24)23(22-17)15-7-3-13(20)4-8-15/h3-10H,2,11-12H2,1H3,(H,21,25). The normalized spacial score (nSPS) is 14.0. The summed E-state index contributed by atoms with van der Waals surface area (Å²) >= 11 is 5.87. The quantitative estimate of drug-likeness (QED) is 0.867. The first-order valence-corrected chi connectivity index (χ1v) is 8.65. The van der Waals surface area contributed by atoms with Crippen molar-refractivity contribution in [2.24, 2.45) is 5.10 Å². The van der Waals surface area contributed by atoms with Crippen LogP contribution in [-0.4, -0.2) is 24.1 Å². The third-order valence-electron chi connectivity index (χ3n) is 3.79. The number of hydrogen-bond acceptors (Lipinski definition) is 4. The Balaban J connectivity index is 1.74. The van der Waals surface area contributed by atoms with Gasteiger partial charge in [-0.05, 0) is 55.5 Å². The minimum absolute atomic E-state index is 0.162. The molecule has 6 nitrogen and oxygen atoms in total. The highest BCUT2D eigenvalue weighted by Crippen LogP contribution is 2.23. The highest BCUT2D eigenvalue weighted by atomic mass is 35.5. The zero-order valence-corrected chi connectivity index (χ0v) is 15.0. The Bertz CT molecular complexity index is 832. The molecule has 134 valence electrons. The summed E-state index contributed by atoms with van der Waals surface area (Å²) in [4.78, 5) is 24.6. The van der Waals surface area contributed by atoms with Gasteiger partial charge in [0, 0.05) is 23.6 Å². The van der Waals surface area contributed by atoms with E-state index in [1.54, 1.807) is 48.5 Å². The van der Waals surface area contributed by atoms with Crippen molar-refractivity contribution in [2.75, 3.05) is 16.9 Å². The molecule has 26 heavy (non-hydrogen) atoms. The second-order valence-corrected chi connectivity index (χ2v) is 6.08. The molecule has 0 spiro atoms. The Morgan fingerprint density at radius 3 is 2.50 bits per heavy atom. The maximum absolute atomic E-state index is 12.5. The Labute approximate surface area is 156 Å². The van der Waals surface area contributed by atoms with E-state index >= 15 is 0 Å². The zero-order chi connectivity index (χ0) is 18.5. The fraction of sp³-hybridized carbons (Fsp3) is 0.211. The topological polar surface area (TPSA) is 71.0 Å². The fourth-order valence-corrected chi connectivity index (χ4v) is 2.63. The van der Waals surface area contributed by atoms with E-state index in [4.69, 9.17) is 16.3 Å². The highest BCUT2D eigenvalue weighted by Gasteiger charge is 2.25. The lowest BCUT2D eigenvalue weighted by Gasteiger charge is -2.23. The Morgan fingerprint density at radius 2 is 1.85 bits per heavy atom. The summed E-state index contributed by atoms with van der Waals surface area (Å²) in [5, 5.41) is 8.83. The molecule has 0 saturated heterocycles. The summed E-state index contributed by atoms with van der Waals surface area (Å²) in [6.07, 6.45) is 0.518. The van der Waals surface area contributed by atoms with Gasteiger partial charge in [-0.3, -0.25) is 9.59 Å². The van der Waals surface area contributed by atoms with Crippen molar-refractivity contribution < 1.29 is 14.3 Å². The van der Waals surface area contributed by atoms with Gasteiger partial charge in [-0.15, -0.1) is 0 Å². The number of nitrogens with one attached hydrogen (secondary N) is 1. The number of anilines is 2. The smallest absolute Gasteiger partial charge is 0.271 e. The van der Waals surface area contributed by atoms with Crippen molar-refractivity contribution in [3.63, 3.8) is 0 Å². The predicted octanol–water partition coefficient (Wildman–Crippen LogP) is 3.86. The first kappa shape index (κ1) is 17.9. The molecule has 2 aromatic carbocycles. The van der Waals surface area contributed by atoms with Gasteiger partial charge in [0.25, 0.3) is 5.91 Å². The maximum atomic E-state index is 12.5. The molecule has 3 rings (SSSR count). The van der Waals surface area contributed by atoms with E-state index in [0.29, 0.717) is 35.1 Å². The maximum Gasteiger partial charge on any atom is 0.271 e. The van der Waals surface area contributed by atoms with Crippen molar-refractivity contribution in [3.8, 4) is 5.75 Å². The summed E-state index contributed by atoms with van der Waals surface area (Å²) in [7, 11) is 0. The monoisotopic (exact) mass is 371 g/mol. The lowest BCUT2D eigenvalue weighted by atomic mass is 10.1. The molecule has 0 unspecified atom stereocenters. The molecule has 1 aliphatic heterocycles. The lowest BCUT2D eigenvalue weighted by Crippen LogP contribution is -2.36. The third-order valence-corrected chi connectivity index (χ3v) is 4.04. The van der Waals surface area contributed by atoms with Crippen molar-refractivity contribution in [1.82, 2.24) is 0 Å². The van der Waals surface area contributed by atoms with E-state index in [2.05, 4.69) is 10.4 Å². The number of amides is 2. The van der Waals surface area contributed by atoms with Crippen LogP contribution >= 0.6 is 11.6 Å². The highest BCUT2D eigenvalue weighted by molar-refractivity contribution is 6.44. The molecule has 2 aromatic rings. The fourth-order valence-electron chi connectivity index (χ4n) is 2.51. The molecule has 0 saturated carbocycles. The summed E-state index contributed by atoms with van der Waals surface area (Å²) in [6.45, 7) is 2.49. The first-order chi connectivity index (χ1) is 12.6. The van der Waals surface area contributed by atoms with Gasteiger partial charge in [0.1, 0.15) is 11.5 Å².